The number of likely N-dealkylation sites (tertiary alicyclic amines) is 1. The van der Waals surface area contributed by atoms with Crippen LogP contribution >= 0.6 is 0 Å². The minimum atomic E-state index is -0.911. The lowest BCUT2D eigenvalue weighted by atomic mass is 9.84. The van der Waals surface area contributed by atoms with Gasteiger partial charge in [0.05, 0.1) is 12.2 Å². The van der Waals surface area contributed by atoms with Crippen molar-refractivity contribution in [3.8, 4) is 5.88 Å². The molecule has 2 heterocycles. The van der Waals surface area contributed by atoms with Gasteiger partial charge in [-0.2, -0.15) is 0 Å². The van der Waals surface area contributed by atoms with E-state index < -0.39 is 12.0 Å². The number of fused-ring (bicyclic) bond motifs is 1. The van der Waals surface area contributed by atoms with Gasteiger partial charge in [0.25, 0.3) is 5.91 Å². The Bertz CT molecular complexity index is 587. The summed E-state index contributed by atoms with van der Waals surface area (Å²) in [6.45, 7) is 2.38. The Morgan fingerprint density at radius 3 is 2.78 bits per heavy atom. The van der Waals surface area contributed by atoms with Crippen LogP contribution in [-0.2, 0) is 4.79 Å². The summed E-state index contributed by atoms with van der Waals surface area (Å²) in [4.78, 5) is 30.2. The predicted molar refractivity (Wildman–Crippen MR) is 83.4 cm³/mol. The molecular formula is C17H22N2O4. The third kappa shape index (κ3) is 3.02. The van der Waals surface area contributed by atoms with Crippen LogP contribution in [0, 0.1) is 5.92 Å². The van der Waals surface area contributed by atoms with Crippen molar-refractivity contribution in [3.63, 3.8) is 0 Å². The number of amides is 1. The lowest BCUT2D eigenvalue weighted by Gasteiger charge is -2.33. The normalized spacial score (nSPS) is 26.7. The molecule has 2 aliphatic rings. The van der Waals surface area contributed by atoms with Crippen molar-refractivity contribution in [1.82, 2.24) is 9.88 Å². The van der Waals surface area contributed by atoms with E-state index in [9.17, 15) is 14.7 Å². The van der Waals surface area contributed by atoms with E-state index in [1.165, 1.54) is 6.20 Å². The van der Waals surface area contributed by atoms with Gasteiger partial charge < -0.3 is 14.7 Å². The van der Waals surface area contributed by atoms with Gasteiger partial charge in [-0.3, -0.25) is 4.79 Å². The van der Waals surface area contributed by atoms with Crippen molar-refractivity contribution in [1.29, 1.82) is 0 Å². The molecule has 0 aromatic carbocycles. The lowest BCUT2D eigenvalue weighted by molar-refractivity contribution is -0.141. The third-order valence-electron chi connectivity index (χ3n) is 4.88. The average Bonchev–Trinajstić information content (AvgIpc) is 2.95. The summed E-state index contributed by atoms with van der Waals surface area (Å²) in [5.41, 5.74) is 0.422. The third-order valence-corrected chi connectivity index (χ3v) is 4.88. The van der Waals surface area contributed by atoms with E-state index in [2.05, 4.69) is 4.98 Å². The fourth-order valence-corrected chi connectivity index (χ4v) is 3.86. The second-order valence-corrected chi connectivity index (χ2v) is 6.23. The summed E-state index contributed by atoms with van der Waals surface area (Å²) in [5.74, 6) is -0.366. The highest BCUT2D eigenvalue weighted by Crippen LogP contribution is 2.40. The van der Waals surface area contributed by atoms with Gasteiger partial charge in [0.2, 0.25) is 5.88 Å². The van der Waals surface area contributed by atoms with Crippen molar-refractivity contribution >= 4 is 11.9 Å². The summed E-state index contributed by atoms with van der Waals surface area (Å²) in [6.07, 6.45) is 6.13. The van der Waals surface area contributed by atoms with Gasteiger partial charge in [-0.25, -0.2) is 9.78 Å². The molecule has 3 rings (SSSR count). The summed E-state index contributed by atoms with van der Waals surface area (Å²) in [6, 6.07) is 2.64. The molecule has 0 bridgehead atoms. The number of aromatic nitrogens is 1. The first-order valence-corrected chi connectivity index (χ1v) is 8.26. The van der Waals surface area contributed by atoms with Crippen molar-refractivity contribution in [2.75, 3.05) is 6.61 Å². The average molecular weight is 318 g/mol. The molecule has 0 spiro atoms. The molecule has 1 saturated carbocycles. The molecular weight excluding hydrogens is 296 g/mol. The van der Waals surface area contributed by atoms with Crippen LogP contribution in [-0.4, -0.2) is 45.6 Å². The molecule has 1 aromatic rings. The fourth-order valence-electron chi connectivity index (χ4n) is 3.86. The lowest BCUT2D eigenvalue weighted by Crippen LogP contribution is -2.46. The van der Waals surface area contributed by atoms with Crippen molar-refractivity contribution in [2.45, 2.75) is 51.1 Å². The quantitative estimate of drug-likeness (QED) is 0.921. The monoisotopic (exact) mass is 318 g/mol. The number of pyridine rings is 1. The van der Waals surface area contributed by atoms with Crippen molar-refractivity contribution in [2.24, 2.45) is 5.92 Å². The molecule has 1 aromatic heterocycles. The maximum atomic E-state index is 12.9. The number of hydrogen-bond acceptors (Lipinski definition) is 4. The molecule has 6 nitrogen and oxygen atoms in total. The SMILES string of the molecule is CCOc1ccc(C(=O)N2C(C(=O)O)CC3CCCCC32)cn1. The van der Waals surface area contributed by atoms with Crippen molar-refractivity contribution in [3.05, 3.63) is 23.9 Å². The summed E-state index contributed by atoms with van der Waals surface area (Å²) < 4.78 is 5.28. The Hall–Kier alpha value is -2.11. The summed E-state index contributed by atoms with van der Waals surface area (Å²) >= 11 is 0. The van der Waals surface area contributed by atoms with Gasteiger partial charge in [-0.05, 0) is 38.2 Å². The van der Waals surface area contributed by atoms with Crippen LogP contribution in [0.25, 0.3) is 0 Å². The van der Waals surface area contributed by atoms with Crippen LogP contribution in [0.2, 0.25) is 0 Å². The maximum absolute atomic E-state index is 12.9. The van der Waals surface area contributed by atoms with E-state index in [1.807, 2.05) is 6.92 Å². The molecule has 23 heavy (non-hydrogen) atoms. The standard InChI is InChI=1S/C17H22N2O4/c1-2-23-15-8-7-12(10-18-15)16(20)19-13-6-4-3-5-11(13)9-14(19)17(21)22/h7-8,10-11,13-14H,2-6,9H2,1H3,(H,21,22). The number of nitrogens with zero attached hydrogens (tertiary/aromatic N) is 2. The van der Waals surface area contributed by atoms with Crippen LogP contribution in [0.1, 0.15) is 49.4 Å². The number of ether oxygens (including phenoxy) is 1. The number of carboxylic acids is 1. The fraction of sp³-hybridized carbons (Fsp3) is 0.588. The molecule has 3 unspecified atom stereocenters. The molecule has 1 N–H and O–H groups in total. The molecule has 1 aliphatic heterocycles. The molecule has 1 aliphatic carbocycles. The Balaban J connectivity index is 1.84. The van der Waals surface area contributed by atoms with Crippen LogP contribution in [0.15, 0.2) is 18.3 Å². The highest BCUT2D eigenvalue weighted by Gasteiger charge is 2.47. The first-order valence-electron chi connectivity index (χ1n) is 8.26. The molecule has 0 radical (unpaired) electrons. The van der Waals surface area contributed by atoms with Gasteiger partial charge in [-0.15, -0.1) is 0 Å². The van der Waals surface area contributed by atoms with Gasteiger partial charge in [0, 0.05) is 18.3 Å². The van der Waals surface area contributed by atoms with Gasteiger partial charge in [-0.1, -0.05) is 12.8 Å². The van der Waals surface area contributed by atoms with E-state index in [4.69, 9.17) is 4.74 Å². The van der Waals surface area contributed by atoms with Crippen LogP contribution in [0.5, 0.6) is 5.88 Å². The van der Waals surface area contributed by atoms with Crippen LogP contribution in [0.3, 0.4) is 0 Å². The number of carbonyl (C=O) groups is 2. The Morgan fingerprint density at radius 2 is 2.13 bits per heavy atom. The highest BCUT2D eigenvalue weighted by molar-refractivity contribution is 5.97. The predicted octanol–water partition coefficient (Wildman–Crippen LogP) is 2.34. The van der Waals surface area contributed by atoms with Gasteiger partial charge in [0.1, 0.15) is 6.04 Å². The number of aliphatic carboxylic acids is 1. The summed E-state index contributed by atoms with van der Waals surface area (Å²) in [5, 5.41) is 9.51. The van der Waals surface area contributed by atoms with E-state index in [0.717, 1.165) is 25.7 Å². The molecule has 2 fully saturated rings. The molecule has 124 valence electrons. The molecule has 3 atom stereocenters. The zero-order valence-electron chi connectivity index (χ0n) is 13.3. The van der Waals surface area contributed by atoms with Crippen molar-refractivity contribution < 1.29 is 19.4 Å². The molecule has 1 amide bonds. The zero-order chi connectivity index (χ0) is 16.4. The second kappa shape index (κ2) is 6.56. The summed E-state index contributed by atoms with van der Waals surface area (Å²) in [7, 11) is 0. The van der Waals surface area contributed by atoms with Gasteiger partial charge in [0.15, 0.2) is 0 Å². The van der Waals surface area contributed by atoms with Crippen LogP contribution < -0.4 is 4.74 Å². The number of carbonyl (C=O) groups excluding carboxylic acids is 1. The second-order valence-electron chi connectivity index (χ2n) is 6.23. The Kier molecular flexibility index (Phi) is 4.50. The number of rotatable bonds is 4. The minimum absolute atomic E-state index is 0.0453. The first kappa shape index (κ1) is 15.8. The largest absolute Gasteiger partial charge is 0.480 e. The van der Waals surface area contributed by atoms with E-state index >= 15 is 0 Å². The Morgan fingerprint density at radius 1 is 1.35 bits per heavy atom. The highest BCUT2D eigenvalue weighted by atomic mass is 16.5. The van der Waals surface area contributed by atoms with E-state index in [0.29, 0.717) is 30.4 Å². The topological polar surface area (TPSA) is 79.7 Å². The van der Waals surface area contributed by atoms with E-state index in [1.54, 1.807) is 17.0 Å². The molecule has 6 heteroatoms. The molecule has 1 saturated heterocycles. The van der Waals surface area contributed by atoms with E-state index in [-0.39, 0.29) is 11.9 Å². The number of hydrogen-bond donors (Lipinski definition) is 1. The zero-order valence-corrected chi connectivity index (χ0v) is 13.3. The van der Waals surface area contributed by atoms with Crippen LogP contribution in [0.4, 0.5) is 0 Å². The maximum Gasteiger partial charge on any atom is 0.326 e. The smallest absolute Gasteiger partial charge is 0.326 e. The van der Waals surface area contributed by atoms with Gasteiger partial charge >= 0.3 is 5.97 Å². The Labute approximate surface area is 135 Å². The number of carboxylic acid groups (broad SMARTS) is 1. The first-order chi connectivity index (χ1) is 11.1. The minimum Gasteiger partial charge on any atom is -0.480 e.